The van der Waals surface area contributed by atoms with Crippen LogP contribution in [0.25, 0.3) is 11.0 Å². The third kappa shape index (κ3) is 5.68. The maximum Gasteiger partial charge on any atom is 0.328 e. The number of rotatable bonds is 5. The van der Waals surface area contributed by atoms with Crippen molar-refractivity contribution in [2.45, 2.75) is 25.8 Å². The number of nitrogens with one attached hydrogen (secondary N) is 1. The highest BCUT2D eigenvalue weighted by Crippen LogP contribution is 2.22. The maximum absolute atomic E-state index is 9.55. The summed E-state index contributed by atoms with van der Waals surface area (Å²) in [6.07, 6.45) is 7.49. The minimum atomic E-state index is -1.26. The second kappa shape index (κ2) is 8.77. The number of pyridine rings is 1. The normalized spacial score (nSPS) is 17.1. The van der Waals surface area contributed by atoms with Crippen molar-refractivity contribution < 1.29 is 19.8 Å². The van der Waals surface area contributed by atoms with Crippen molar-refractivity contribution >= 4 is 38.9 Å². The van der Waals surface area contributed by atoms with Crippen molar-refractivity contribution in [1.29, 1.82) is 0 Å². The van der Waals surface area contributed by atoms with Crippen LogP contribution in [0.1, 0.15) is 18.9 Å². The molecule has 7 nitrogen and oxygen atoms in total. The van der Waals surface area contributed by atoms with E-state index in [0.717, 1.165) is 29.1 Å². The fraction of sp³-hybridized carbons (Fsp3) is 0.353. The van der Waals surface area contributed by atoms with Crippen molar-refractivity contribution in [3.05, 3.63) is 40.6 Å². The lowest BCUT2D eigenvalue weighted by atomic mass is 10.0. The van der Waals surface area contributed by atoms with Gasteiger partial charge in [0.2, 0.25) is 0 Å². The molecule has 0 aromatic carbocycles. The number of nitrogens with zero attached hydrogens (tertiary/aromatic N) is 2. The second-order valence-corrected chi connectivity index (χ2v) is 6.71. The molecule has 1 unspecified atom stereocenters. The molecular weight excluding hydrogens is 390 g/mol. The third-order valence-electron chi connectivity index (χ3n) is 4.08. The lowest BCUT2D eigenvalue weighted by Gasteiger charge is -2.38. The number of carboxylic acid groups (broad SMARTS) is 2. The molecule has 25 heavy (non-hydrogen) atoms. The van der Waals surface area contributed by atoms with Gasteiger partial charge in [0.1, 0.15) is 5.65 Å². The van der Waals surface area contributed by atoms with Gasteiger partial charge in [-0.25, -0.2) is 14.6 Å². The topological polar surface area (TPSA) is 107 Å². The molecule has 1 fully saturated rings. The summed E-state index contributed by atoms with van der Waals surface area (Å²) in [5, 5.41) is 16.9. The van der Waals surface area contributed by atoms with Gasteiger partial charge < -0.3 is 20.1 Å². The van der Waals surface area contributed by atoms with Gasteiger partial charge in [-0.15, -0.1) is 0 Å². The molecule has 0 spiro atoms. The summed E-state index contributed by atoms with van der Waals surface area (Å²) >= 11 is 3.48. The quantitative estimate of drug-likeness (QED) is 0.655. The van der Waals surface area contributed by atoms with E-state index < -0.39 is 11.9 Å². The van der Waals surface area contributed by atoms with Gasteiger partial charge in [0.25, 0.3) is 0 Å². The zero-order valence-electron chi connectivity index (χ0n) is 13.8. The Balaban J connectivity index is 0.000000242. The minimum Gasteiger partial charge on any atom is -0.478 e. The van der Waals surface area contributed by atoms with Crippen LogP contribution in [0.5, 0.6) is 0 Å². The molecule has 3 heterocycles. The van der Waals surface area contributed by atoms with E-state index >= 15 is 0 Å². The Bertz CT molecular complexity index is 771. The number of halogens is 1. The Hall–Kier alpha value is -2.19. The van der Waals surface area contributed by atoms with E-state index in [1.165, 1.54) is 23.9 Å². The number of carbonyl (C=O) groups is 2. The van der Waals surface area contributed by atoms with Crippen molar-refractivity contribution in [1.82, 2.24) is 14.9 Å². The Morgan fingerprint density at radius 3 is 2.60 bits per heavy atom. The van der Waals surface area contributed by atoms with Crippen LogP contribution < -0.4 is 0 Å². The molecule has 0 amide bonds. The zero-order valence-corrected chi connectivity index (χ0v) is 15.4. The molecular formula is C17H20BrN3O4. The predicted octanol–water partition coefficient (Wildman–Crippen LogP) is 2.67. The number of carboxylic acids is 2. The Morgan fingerprint density at radius 1 is 1.40 bits per heavy atom. The number of aromatic nitrogens is 2. The van der Waals surface area contributed by atoms with Crippen LogP contribution >= 0.6 is 15.9 Å². The first-order valence-electron chi connectivity index (χ1n) is 7.86. The minimum absolute atomic E-state index is 0.558. The van der Waals surface area contributed by atoms with E-state index in [9.17, 15) is 9.59 Å². The molecule has 1 aliphatic heterocycles. The fourth-order valence-electron chi connectivity index (χ4n) is 2.55. The number of H-pyrrole nitrogens is 1. The van der Waals surface area contributed by atoms with Crippen molar-refractivity contribution in [3.8, 4) is 0 Å². The number of aliphatic carboxylic acids is 2. The van der Waals surface area contributed by atoms with Gasteiger partial charge in [-0.3, -0.25) is 0 Å². The van der Waals surface area contributed by atoms with Crippen LogP contribution in [0, 0.1) is 0 Å². The molecule has 0 bridgehead atoms. The number of aromatic amines is 1. The molecule has 1 atom stereocenters. The number of likely N-dealkylation sites (tertiary alicyclic amines) is 1. The smallest absolute Gasteiger partial charge is 0.328 e. The Labute approximate surface area is 153 Å². The molecule has 2 aromatic heterocycles. The van der Waals surface area contributed by atoms with Crippen LogP contribution in [0.4, 0.5) is 0 Å². The summed E-state index contributed by atoms with van der Waals surface area (Å²) in [7, 11) is 0. The summed E-state index contributed by atoms with van der Waals surface area (Å²) in [6, 6.07) is 2.92. The summed E-state index contributed by atoms with van der Waals surface area (Å²) in [6.45, 7) is 4.71. The molecule has 0 radical (unpaired) electrons. The third-order valence-corrected chi connectivity index (χ3v) is 4.51. The van der Waals surface area contributed by atoms with Crippen molar-refractivity contribution in [3.63, 3.8) is 0 Å². The van der Waals surface area contributed by atoms with Crippen LogP contribution in [0.15, 0.2) is 35.1 Å². The highest BCUT2D eigenvalue weighted by atomic mass is 79.9. The lowest BCUT2D eigenvalue weighted by Crippen LogP contribution is -2.46. The van der Waals surface area contributed by atoms with Gasteiger partial charge in [-0.1, -0.05) is 0 Å². The monoisotopic (exact) mass is 409 g/mol. The Kier molecular flexibility index (Phi) is 6.72. The molecule has 2 aromatic rings. The van der Waals surface area contributed by atoms with E-state index in [4.69, 9.17) is 10.2 Å². The van der Waals surface area contributed by atoms with Crippen LogP contribution in [0.2, 0.25) is 0 Å². The second-order valence-electron chi connectivity index (χ2n) is 5.80. The average Bonchev–Trinajstić information content (AvgIpc) is 2.94. The van der Waals surface area contributed by atoms with Gasteiger partial charge in [0.05, 0.1) is 0 Å². The van der Waals surface area contributed by atoms with Gasteiger partial charge in [0, 0.05) is 47.0 Å². The molecule has 0 aliphatic carbocycles. The van der Waals surface area contributed by atoms with Gasteiger partial charge in [-0.2, -0.15) is 0 Å². The largest absolute Gasteiger partial charge is 0.478 e. The van der Waals surface area contributed by atoms with Crippen LogP contribution in [-0.4, -0.2) is 56.2 Å². The molecule has 8 heteroatoms. The molecule has 1 saturated heterocycles. The SMILES string of the molecule is CC1CCN1CCc1c[nH]c2ncc(Br)cc12.O=C(O)/C=C/C(=O)O. The highest BCUT2D eigenvalue weighted by molar-refractivity contribution is 9.10. The fourth-order valence-corrected chi connectivity index (χ4v) is 2.88. The zero-order chi connectivity index (χ0) is 18.4. The lowest BCUT2D eigenvalue weighted by molar-refractivity contribution is -0.134. The molecule has 3 N–H and O–H groups in total. The first-order chi connectivity index (χ1) is 11.9. The summed E-state index contributed by atoms with van der Waals surface area (Å²) in [5.41, 5.74) is 2.35. The van der Waals surface area contributed by atoms with Crippen molar-refractivity contribution in [2.24, 2.45) is 0 Å². The standard InChI is InChI=1S/C13H16BrN3.C4H4O4/c1-9-2-4-17(9)5-3-10-7-15-13-12(10)6-11(14)8-16-13;5-3(6)1-2-4(7)8/h6-9H,2-5H2,1H3,(H,15,16);1-2H,(H,5,6)(H,7,8)/b;2-1+. The van der Waals surface area contributed by atoms with Crippen molar-refractivity contribution in [2.75, 3.05) is 13.1 Å². The van der Waals surface area contributed by atoms with E-state index in [-0.39, 0.29) is 0 Å². The van der Waals surface area contributed by atoms with Crippen LogP contribution in [-0.2, 0) is 16.0 Å². The summed E-state index contributed by atoms with van der Waals surface area (Å²) < 4.78 is 1.04. The summed E-state index contributed by atoms with van der Waals surface area (Å²) in [4.78, 5) is 29.2. The average molecular weight is 410 g/mol. The number of hydrogen-bond donors (Lipinski definition) is 3. The molecule has 134 valence electrons. The van der Waals surface area contributed by atoms with E-state index in [0.29, 0.717) is 12.2 Å². The molecule has 1 aliphatic rings. The predicted molar refractivity (Wildman–Crippen MR) is 97.6 cm³/mol. The molecule has 0 saturated carbocycles. The van der Waals surface area contributed by atoms with Gasteiger partial charge >= 0.3 is 11.9 Å². The molecule has 3 rings (SSSR count). The number of fused-ring (bicyclic) bond motifs is 1. The van der Waals surface area contributed by atoms with E-state index in [2.05, 4.69) is 50.0 Å². The summed E-state index contributed by atoms with van der Waals surface area (Å²) in [5.74, 6) is -2.51. The number of hydrogen-bond acceptors (Lipinski definition) is 4. The first kappa shape index (κ1) is 19.1. The van der Waals surface area contributed by atoms with Gasteiger partial charge in [0.15, 0.2) is 0 Å². The van der Waals surface area contributed by atoms with E-state index in [1.54, 1.807) is 0 Å². The van der Waals surface area contributed by atoms with E-state index in [1.807, 2.05) is 6.20 Å². The maximum atomic E-state index is 9.55. The first-order valence-corrected chi connectivity index (χ1v) is 8.65. The van der Waals surface area contributed by atoms with Gasteiger partial charge in [-0.05, 0) is 53.9 Å². The Morgan fingerprint density at radius 2 is 2.08 bits per heavy atom. The van der Waals surface area contributed by atoms with Crippen LogP contribution in [0.3, 0.4) is 0 Å². The highest BCUT2D eigenvalue weighted by Gasteiger charge is 2.22.